The summed E-state index contributed by atoms with van der Waals surface area (Å²) in [5.41, 5.74) is 0.511. The monoisotopic (exact) mass is 545 g/mol. The summed E-state index contributed by atoms with van der Waals surface area (Å²) in [6.45, 7) is 7.13. The van der Waals surface area contributed by atoms with Gasteiger partial charge in [0.25, 0.3) is 0 Å². The van der Waals surface area contributed by atoms with E-state index < -0.39 is 6.61 Å². The van der Waals surface area contributed by atoms with Crippen LogP contribution in [0.1, 0.15) is 19.4 Å². The molecule has 1 aliphatic rings. The quantitative estimate of drug-likeness (QED) is 0.298. The maximum atomic E-state index is 12.6. The van der Waals surface area contributed by atoms with Crippen LogP contribution in [-0.2, 0) is 6.54 Å². The molecule has 0 saturated carbocycles. The first-order valence-corrected chi connectivity index (χ1v) is 9.94. The van der Waals surface area contributed by atoms with Gasteiger partial charge in [0.05, 0.1) is 6.54 Å². The van der Waals surface area contributed by atoms with Crippen molar-refractivity contribution in [2.45, 2.75) is 33.0 Å². The van der Waals surface area contributed by atoms with Crippen LogP contribution < -0.4 is 15.4 Å². The van der Waals surface area contributed by atoms with E-state index in [1.165, 1.54) is 12.1 Å². The average Bonchev–Trinajstić information content (AvgIpc) is 2.66. The Bertz CT molecular complexity index is 645. The molecule has 1 fully saturated rings. The van der Waals surface area contributed by atoms with Crippen molar-refractivity contribution >= 4 is 41.5 Å². The highest BCUT2D eigenvalue weighted by atomic mass is 127. The van der Waals surface area contributed by atoms with Gasteiger partial charge in [0.1, 0.15) is 5.75 Å². The largest absolute Gasteiger partial charge is 0.434 e. The normalized spacial score (nSPS) is 17.0. The molecule has 1 aliphatic heterocycles. The summed E-state index contributed by atoms with van der Waals surface area (Å²) in [7, 11) is 2.14. The van der Waals surface area contributed by atoms with Crippen molar-refractivity contribution in [3.8, 4) is 5.75 Å². The Labute approximate surface area is 194 Å². The van der Waals surface area contributed by atoms with E-state index in [1.807, 2.05) is 6.92 Å². The maximum Gasteiger partial charge on any atom is 0.387 e. The fourth-order valence-corrected chi connectivity index (χ4v) is 3.22. The molecule has 166 valence electrons. The van der Waals surface area contributed by atoms with Crippen molar-refractivity contribution in [3.05, 3.63) is 28.8 Å². The molecular weight excluding hydrogens is 515 g/mol. The number of benzene rings is 1. The number of rotatable bonds is 8. The first-order valence-electron chi connectivity index (χ1n) is 9.57. The van der Waals surface area contributed by atoms with E-state index in [1.54, 1.807) is 6.07 Å². The number of hydrogen-bond donors (Lipinski definition) is 2. The van der Waals surface area contributed by atoms with Gasteiger partial charge in [-0.05, 0) is 39.1 Å². The predicted molar refractivity (Wildman–Crippen MR) is 125 cm³/mol. The summed E-state index contributed by atoms with van der Waals surface area (Å²) in [5.74, 6) is 0.719. The highest BCUT2D eigenvalue weighted by Crippen LogP contribution is 2.25. The zero-order chi connectivity index (χ0) is 20.5. The van der Waals surface area contributed by atoms with Gasteiger partial charge in [-0.1, -0.05) is 11.6 Å². The number of guanidine groups is 1. The summed E-state index contributed by atoms with van der Waals surface area (Å²) >= 11 is 6.00. The summed E-state index contributed by atoms with van der Waals surface area (Å²) in [6, 6.07) is 4.92. The lowest BCUT2D eigenvalue weighted by atomic mass is 10.2. The number of nitrogens with one attached hydrogen (secondary N) is 2. The van der Waals surface area contributed by atoms with Gasteiger partial charge in [-0.25, -0.2) is 4.99 Å². The standard InChI is InChI=1S/C19H30ClF2N5O.HI/c1-4-23-19(24-12-14(2)27-9-7-26(3)8-10-27)25-13-15-11-16(20)5-6-17(15)28-18(21)22;/h5-6,11,14,18H,4,7-10,12-13H2,1-3H3,(H2,23,24,25);1H. The fraction of sp³-hybridized carbons (Fsp3) is 0.632. The number of hydrogen-bond acceptors (Lipinski definition) is 4. The van der Waals surface area contributed by atoms with Gasteiger partial charge in [0, 0.05) is 55.9 Å². The van der Waals surface area contributed by atoms with Crippen molar-refractivity contribution in [3.63, 3.8) is 0 Å². The first kappa shape index (κ1) is 26.1. The van der Waals surface area contributed by atoms with Crippen LogP contribution in [0.25, 0.3) is 0 Å². The first-order chi connectivity index (χ1) is 13.4. The molecule has 0 radical (unpaired) electrons. The van der Waals surface area contributed by atoms with Crippen LogP contribution in [0, 0.1) is 0 Å². The molecule has 2 rings (SSSR count). The number of ether oxygens (including phenoxy) is 1. The van der Waals surface area contributed by atoms with E-state index in [-0.39, 0.29) is 36.3 Å². The molecule has 2 N–H and O–H groups in total. The average molecular weight is 546 g/mol. The Morgan fingerprint density at radius 1 is 1.24 bits per heavy atom. The van der Waals surface area contributed by atoms with Crippen LogP contribution in [-0.4, -0.2) is 74.7 Å². The van der Waals surface area contributed by atoms with Gasteiger partial charge in [0.2, 0.25) is 0 Å². The highest BCUT2D eigenvalue weighted by Gasteiger charge is 2.19. The smallest absolute Gasteiger partial charge is 0.387 e. The van der Waals surface area contributed by atoms with E-state index in [0.29, 0.717) is 29.1 Å². The number of halogens is 4. The molecule has 1 aromatic rings. The Morgan fingerprint density at radius 3 is 2.55 bits per heavy atom. The van der Waals surface area contributed by atoms with Crippen molar-refractivity contribution in [1.82, 2.24) is 20.4 Å². The predicted octanol–water partition coefficient (Wildman–Crippen LogP) is 3.25. The molecule has 0 amide bonds. The molecule has 0 spiro atoms. The number of aliphatic imine (C=N–C) groups is 1. The Kier molecular flexibility index (Phi) is 12.1. The minimum atomic E-state index is -2.89. The second-order valence-corrected chi connectivity index (χ2v) is 7.33. The van der Waals surface area contributed by atoms with E-state index in [9.17, 15) is 8.78 Å². The van der Waals surface area contributed by atoms with Gasteiger partial charge < -0.3 is 20.3 Å². The molecule has 6 nitrogen and oxygen atoms in total. The molecule has 10 heteroatoms. The summed E-state index contributed by atoms with van der Waals surface area (Å²) < 4.78 is 29.8. The van der Waals surface area contributed by atoms with E-state index in [4.69, 9.17) is 11.6 Å². The van der Waals surface area contributed by atoms with Crippen molar-refractivity contribution in [2.24, 2.45) is 4.99 Å². The van der Waals surface area contributed by atoms with Crippen LogP contribution in [0.5, 0.6) is 5.75 Å². The minimum Gasteiger partial charge on any atom is -0.434 e. The second-order valence-electron chi connectivity index (χ2n) is 6.89. The topological polar surface area (TPSA) is 52.1 Å². The molecular formula is C19H31ClF2IN5O. The summed E-state index contributed by atoms with van der Waals surface area (Å²) in [4.78, 5) is 9.28. The zero-order valence-corrected chi connectivity index (χ0v) is 20.2. The molecule has 1 unspecified atom stereocenters. The number of nitrogens with zero attached hydrogens (tertiary/aromatic N) is 3. The van der Waals surface area contributed by atoms with Crippen molar-refractivity contribution < 1.29 is 13.5 Å². The molecule has 0 aliphatic carbocycles. The van der Waals surface area contributed by atoms with Gasteiger partial charge in [-0.3, -0.25) is 4.90 Å². The third-order valence-corrected chi connectivity index (χ3v) is 4.95. The second kappa shape index (κ2) is 13.4. The third kappa shape index (κ3) is 9.18. The van der Waals surface area contributed by atoms with Gasteiger partial charge >= 0.3 is 6.61 Å². The Hall–Kier alpha value is -0.910. The fourth-order valence-electron chi connectivity index (χ4n) is 3.02. The number of piperazine rings is 1. The Morgan fingerprint density at radius 2 is 1.93 bits per heavy atom. The summed E-state index contributed by atoms with van der Waals surface area (Å²) in [5, 5.41) is 6.97. The highest BCUT2D eigenvalue weighted by molar-refractivity contribution is 14.0. The SMILES string of the molecule is CCNC(=NCc1cc(Cl)ccc1OC(F)F)NCC(C)N1CCN(C)CC1.I. The van der Waals surface area contributed by atoms with Crippen LogP contribution in [0.2, 0.25) is 5.02 Å². The molecule has 29 heavy (non-hydrogen) atoms. The van der Waals surface area contributed by atoms with E-state index in [0.717, 1.165) is 32.7 Å². The molecule has 1 atom stereocenters. The lowest BCUT2D eigenvalue weighted by Gasteiger charge is -2.36. The molecule has 1 saturated heterocycles. The lowest BCUT2D eigenvalue weighted by Crippen LogP contribution is -2.52. The third-order valence-electron chi connectivity index (χ3n) is 4.72. The van der Waals surface area contributed by atoms with Crippen molar-refractivity contribution in [2.75, 3.05) is 46.3 Å². The molecule has 0 aromatic heterocycles. The number of alkyl halides is 2. The lowest BCUT2D eigenvalue weighted by molar-refractivity contribution is -0.0504. The van der Waals surface area contributed by atoms with Crippen LogP contribution in [0.3, 0.4) is 0 Å². The maximum absolute atomic E-state index is 12.6. The van der Waals surface area contributed by atoms with Crippen LogP contribution >= 0.6 is 35.6 Å². The molecule has 1 heterocycles. The van der Waals surface area contributed by atoms with Crippen molar-refractivity contribution in [1.29, 1.82) is 0 Å². The number of likely N-dealkylation sites (N-methyl/N-ethyl adjacent to an activating group) is 1. The van der Waals surface area contributed by atoms with Crippen LogP contribution in [0.4, 0.5) is 8.78 Å². The van der Waals surface area contributed by atoms with Crippen LogP contribution in [0.15, 0.2) is 23.2 Å². The summed E-state index contributed by atoms with van der Waals surface area (Å²) in [6.07, 6.45) is 0. The zero-order valence-electron chi connectivity index (χ0n) is 17.1. The van der Waals surface area contributed by atoms with Gasteiger partial charge in [-0.15, -0.1) is 24.0 Å². The van der Waals surface area contributed by atoms with Gasteiger partial charge in [-0.2, -0.15) is 8.78 Å². The Balaban J connectivity index is 0.00000420. The molecule has 0 bridgehead atoms. The minimum absolute atomic E-state index is 0. The van der Waals surface area contributed by atoms with Gasteiger partial charge in [0.15, 0.2) is 5.96 Å². The van der Waals surface area contributed by atoms with E-state index >= 15 is 0 Å². The molecule has 1 aromatic carbocycles. The van der Waals surface area contributed by atoms with E-state index in [2.05, 4.69) is 44.1 Å².